The maximum atomic E-state index is 6.54. The topological polar surface area (TPSA) is 58.5 Å². The van der Waals surface area contributed by atoms with Crippen LogP contribution in [0.2, 0.25) is 5.02 Å². The average Bonchev–Trinajstić information content (AvgIpc) is 3.00. The van der Waals surface area contributed by atoms with Crippen LogP contribution in [0.25, 0.3) is 0 Å². The fourth-order valence-corrected chi connectivity index (χ4v) is 4.78. The number of ether oxygens (including phenoxy) is 1. The van der Waals surface area contributed by atoms with E-state index in [4.69, 9.17) is 16.3 Å². The summed E-state index contributed by atoms with van der Waals surface area (Å²) in [6.07, 6.45) is 1.88. The molecule has 8 heteroatoms. The van der Waals surface area contributed by atoms with Crippen LogP contribution in [0.3, 0.4) is 0 Å². The van der Waals surface area contributed by atoms with E-state index < -0.39 is 0 Å². The number of aromatic nitrogens is 1. The second kappa shape index (κ2) is 10.8. The van der Waals surface area contributed by atoms with Gasteiger partial charge in [0.05, 0.1) is 17.2 Å². The van der Waals surface area contributed by atoms with Gasteiger partial charge >= 0.3 is 0 Å². The van der Waals surface area contributed by atoms with Crippen LogP contribution in [-0.2, 0) is 16.7 Å². The Labute approximate surface area is 193 Å². The summed E-state index contributed by atoms with van der Waals surface area (Å²) in [5.41, 5.74) is 2.22. The molecule has 3 rings (SSSR count). The first-order valence-corrected chi connectivity index (χ1v) is 10.4. The zero-order chi connectivity index (χ0) is 19.3. The van der Waals surface area contributed by atoms with Crippen LogP contribution in [0.4, 0.5) is 0 Å². The number of halogens is 2. The van der Waals surface area contributed by atoms with E-state index in [0.29, 0.717) is 0 Å². The van der Waals surface area contributed by atoms with E-state index in [9.17, 15) is 0 Å². The van der Waals surface area contributed by atoms with Gasteiger partial charge in [0.1, 0.15) is 0 Å². The molecule has 2 aromatic rings. The van der Waals surface area contributed by atoms with Gasteiger partial charge in [0.2, 0.25) is 0 Å². The molecule has 0 unspecified atom stereocenters. The molecule has 0 bridgehead atoms. The quantitative estimate of drug-likeness (QED) is 0.338. The predicted molar refractivity (Wildman–Crippen MR) is 128 cm³/mol. The van der Waals surface area contributed by atoms with Gasteiger partial charge in [0.25, 0.3) is 0 Å². The van der Waals surface area contributed by atoms with Crippen molar-refractivity contribution in [3.8, 4) is 0 Å². The molecule has 1 aliphatic heterocycles. The van der Waals surface area contributed by atoms with Crippen molar-refractivity contribution in [3.63, 3.8) is 0 Å². The summed E-state index contributed by atoms with van der Waals surface area (Å²) in [5, 5.41) is 8.83. The lowest BCUT2D eigenvalue weighted by Gasteiger charge is -2.38. The lowest BCUT2D eigenvalue weighted by Crippen LogP contribution is -2.48. The Morgan fingerprint density at radius 1 is 1.25 bits per heavy atom. The summed E-state index contributed by atoms with van der Waals surface area (Å²) < 4.78 is 5.62. The minimum absolute atomic E-state index is 0. The minimum Gasteiger partial charge on any atom is -0.381 e. The Bertz CT molecular complexity index is 805. The van der Waals surface area contributed by atoms with Crippen molar-refractivity contribution in [2.45, 2.75) is 38.6 Å². The van der Waals surface area contributed by atoms with E-state index in [1.54, 1.807) is 18.4 Å². The molecule has 2 heterocycles. The highest BCUT2D eigenvalue weighted by Gasteiger charge is 2.36. The molecule has 0 spiro atoms. The number of aliphatic imine (C=N–C) groups is 1. The molecular weight excluding hydrogens is 507 g/mol. The number of rotatable bonds is 5. The van der Waals surface area contributed by atoms with Crippen molar-refractivity contribution in [3.05, 3.63) is 50.4 Å². The van der Waals surface area contributed by atoms with Gasteiger partial charge in [-0.2, -0.15) is 0 Å². The molecule has 0 amide bonds. The van der Waals surface area contributed by atoms with Gasteiger partial charge in [-0.25, -0.2) is 4.98 Å². The second-order valence-electron chi connectivity index (χ2n) is 6.89. The van der Waals surface area contributed by atoms with E-state index in [-0.39, 0.29) is 29.4 Å². The fraction of sp³-hybridized carbons (Fsp3) is 0.500. The van der Waals surface area contributed by atoms with Crippen molar-refractivity contribution in [1.29, 1.82) is 0 Å². The van der Waals surface area contributed by atoms with E-state index in [1.165, 1.54) is 10.4 Å². The smallest absolute Gasteiger partial charge is 0.191 e. The third-order valence-corrected chi connectivity index (χ3v) is 6.53. The fourth-order valence-electron chi connectivity index (χ4n) is 3.57. The monoisotopic (exact) mass is 534 g/mol. The summed E-state index contributed by atoms with van der Waals surface area (Å²) in [7, 11) is 1.80. The lowest BCUT2D eigenvalue weighted by molar-refractivity contribution is 0.0514. The molecule has 0 saturated carbocycles. The first-order valence-electron chi connectivity index (χ1n) is 9.24. The van der Waals surface area contributed by atoms with E-state index >= 15 is 0 Å². The average molecular weight is 535 g/mol. The lowest BCUT2D eigenvalue weighted by atomic mass is 9.74. The van der Waals surface area contributed by atoms with Crippen LogP contribution >= 0.6 is 46.9 Å². The van der Waals surface area contributed by atoms with Crippen LogP contribution in [0.1, 0.15) is 34.0 Å². The van der Waals surface area contributed by atoms with Crippen molar-refractivity contribution < 1.29 is 4.74 Å². The molecule has 0 aliphatic carbocycles. The Hall–Kier alpha value is -0.900. The number of guanidine groups is 1. The number of hydrogen-bond acceptors (Lipinski definition) is 4. The van der Waals surface area contributed by atoms with Gasteiger partial charge in [-0.1, -0.05) is 29.8 Å². The summed E-state index contributed by atoms with van der Waals surface area (Å²) in [6.45, 7) is 7.06. The standard InChI is InChI=1S/C20H27ClN4OS.HI/c1-14-18(27-15(2)25-14)12-23-19(22-3)24-13-20(8-10-26-11-9-20)16-6-4-5-7-17(16)21;/h4-7H,8-13H2,1-3H3,(H2,22,23,24);1H. The molecule has 1 aromatic heterocycles. The summed E-state index contributed by atoms with van der Waals surface area (Å²) >= 11 is 8.26. The number of hydrogen-bond donors (Lipinski definition) is 2. The van der Waals surface area contributed by atoms with Gasteiger partial charge in [0.15, 0.2) is 5.96 Å². The third kappa shape index (κ3) is 5.58. The van der Waals surface area contributed by atoms with Gasteiger partial charge in [0, 0.05) is 42.1 Å². The Morgan fingerprint density at radius 2 is 1.96 bits per heavy atom. The summed E-state index contributed by atoms with van der Waals surface area (Å²) in [6, 6.07) is 8.14. The Morgan fingerprint density at radius 3 is 2.57 bits per heavy atom. The van der Waals surface area contributed by atoms with Crippen LogP contribution < -0.4 is 10.6 Å². The third-order valence-electron chi connectivity index (χ3n) is 5.13. The first-order chi connectivity index (χ1) is 13.0. The maximum Gasteiger partial charge on any atom is 0.191 e. The highest BCUT2D eigenvalue weighted by molar-refractivity contribution is 14.0. The molecule has 1 fully saturated rings. The number of nitrogens with zero attached hydrogens (tertiary/aromatic N) is 2. The highest BCUT2D eigenvalue weighted by Crippen LogP contribution is 2.38. The second-order valence-corrected chi connectivity index (χ2v) is 8.59. The molecule has 1 saturated heterocycles. The highest BCUT2D eigenvalue weighted by atomic mass is 127. The largest absolute Gasteiger partial charge is 0.381 e. The number of nitrogens with one attached hydrogen (secondary N) is 2. The van der Waals surface area contributed by atoms with Crippen LogP contribution in [-0.4, -0.2) is 37.7 Å². The maximum absolute atomic E-state index is 6.54. The van der Waals surface area contributed by atoms with Gasteiger partial charge in [-0.15, -0.1) is 35.3 Å². The summed E-state index contributed by atoms with van der Waals surface area (Å²) in [5.74, 6) is 0.790. The minimum atomic E-state index is -0.0504. The van der Waals surface area contributed by atoms with E-state index in [0.717, 1.165) is 60.8 Å². The van der Waals surface area contributed by atoms with Crippen LogP contribution in [0.5, 0.6) is 0 Å². The molecular formula is C20H28ClIN4OS. The van der Waals surface area contributed by atoms with E-state index in [2.05, 4.69) is 32.7 Å². The zero-order valence-electron chi connectivity index (χ0n) is 16.5. The number of aryl methyl sites for hydroxylation is 2. The molecule has 1 aromatic carbocycles. The first kappa shape index (κ1) is 23.4. The Kier molecular flexibility index (Phi) is 8.98. The molecule has 154 valence electrons. The van der Waals surface area contributed by atoms with Gasteiger partial charge in [-0.05, 0) is 38.3 Å². The molecule has 0 atom stereocenters. The van der Waals surface area contributed by atoms with E-state index in [1.807, 2.05) is 26.0 Å². The number of benzene rings is 1. The molecule has 2 N–H and O–H groups in total. The van der Waals surface area contributed by atoms with Crippen LogP contribution in [0, 0.1) is 13.8 Å². The number of thiazole rings is 1. The van der Waals surface area contributed by atoms with Gasteiger partial charge < -0.3 is 15.4 Å². The van der Waals surface area contributed by atoms with Gasteiger partial charge in [-0.3, -0.25) is 4.99 Å². The predicted octanol–water partition coefficient (Wildman–Crippen LogP) is 4.44. The van der Waals surface area contributed by atoms with Crippen molar-refractivity contribution in [2.75, 3.05) is 26.8 Å². The SMILES string of the molecule is CN=C(NCc1sc(C)nc1C)NCC1(c2ccccc2Cl)CCOCC1.I. The molecule has 28 heavy (non-hydrogen) atoms. The van der Waals surface area contributed by atoms with Crippen molar-refractivity contribution in [2.24, 2.45) is 4.99 Å². The molecule has 5 nitrogen and oxygen atoms in total. The molecule has 1 aliphatic rings. The van der Waals surface area contributed by atoms with Crippen molar-refractivity contribution >= 4 is 52.9 Å². The Balaban J connectivity index is 0.00000280. The normalized spacial score (nSPS) is 16.4. The van der Waals surface area contributed by atoms with Crippen LogP contribution in [0.15, 0.2) is 29.3 Å². The van der Waals surface area contributed by atoms with Crippen molar-refractivity contribution in [1.82, 2.24) is 15.6 Å². The summed E-state index contributed by atoms with van der Waals surface area (Å²) in [4.78, 5) is 10.1. The molecule has 0 radical (unpaired) electrons. The zero-order valence-corrected chi connectivity index (χ0v) is 20.5.